The van der Waals surface area contributed by atoms with E-state index in [0.717, 1.165) is 34.9 Å². The van der Waals surface area contributed by atoms with Gasteiger partial charge in [0.1, 0.15) is 5.69 Å². The quantitative estimate of drug-likeness (QED) is 0.668. The van der Waals surface area contributed by atoms with Crippen LogP contribution in [-0.4, -0.2) is 21.6 Å². The number of nitrogens with one attached hydrogen (secondary N) is 2. The lowest BCUT2D eigenvalue weighted by atomic mass is 10.0. The lowest BCUT2D eigenvalue weighted by Gasteiger charge is -2.22. The van der Waals surface area contributed by atoms with Crippen molar-refractivity contribution < 1.29 is 9.59 Å². The second-order valence-electron chi connectivity index (χ2n) is 8.63. The summed E-state index contributed by atoms with van der Waals surface area (Å²) in [5, 5.41) is 6.76. The van der Waals surface area contributed by atoms with Crippen molar-refractivity contribution in [1.29, 1.82) is 0 Å². The highest BCUT2D eigenvalue weighted by Crippen LogP contribution is 2.40. The molecule has 3 aromatic rings. The van der Waals surface area contributed by atoms with Crippen LogP contribution in [0, 0.1) is 0 Å². The summed E-state index contributed by atoms with van der Waals surface area (Å²) in [5.74, 6) is -0.171. The summed E-state index contributed by atoms with van der Waals surface area (Å²) in [7, 11) is 0. The van der Waals surface area contributed by atoms with E-state index in [4.69, 9.17) is 0 Å². The molecule has 0 radical (unpaired) electrons. The Morgan fingerprint density at radius 2 is 1.79 bits per heavy atom. The maximum atomic E-state index is 12.8. The van der Waals surface area contributed by atoms with Gasteiger partial charge in [0.25, 0.3) is 5.91 Å². The highest BCUT2D eigenvalue weighted by Gasteiger charge is 2.31. The van der Waals surface area contributed by atoms with E-state index in [1.165, 1.54) is 0 Å². The second-order valence-corrected chi connectivity index (χ2v) is 8.63. The topological polar surface area (TPSA) is 76.0 Å². The monoisotopic (exact) mass is 390 g/mol. The van der Waals surface area contributed by atoms with E-state index in [1.54, 1.807) is 4.68 Å². The number of amides is 2. The Morgan fingerprint density at radius 3 is 2.52 bits per heavy atom. The van der Waals surface area contributed by atoms with Crippen molar-refractivity contribution in [3.05, 3.63) is 65.5 Å². The van der Waals surface area contributed by atoms with Crippen LogP contribution in [0.1, 0.15) is 61.3 Å². The van der Waals surface area contributed by atoms with Crippen LogP contribution in [0.15, 0.2) is 48.5 Å². The van der Waals surface area contributed by atoms with Crippen LogP contribution in [0.25, 0.3) is 10.8 Å². The molecule has 0 aliphatic heterocycles. The third kappa shape index (κ3) is 4.16. The third-order valence-electron chi connectivity index (χ3n) is 5.14. The molecule has 0 atom stereocenters. The van der Waals surface area contributed by atoms with E-state index in [0.29, 0.717) is 11.6 Å². The molecule has 150 valence electrons. The third-order valence-corrected chi connectivity index (χ3v) is 5.14. The van der Waals surface area contributed by atoms with Gasteiger partial charge in [-0.05, 0) is 56.0 Å². The van der Waals surface area contributed by atoms with Crippen molar-refractivity contribution >= 4 is 22.6 Å². The molecule has 1 aliphatic rings. The van der Waals surface area contributed by atoms with Crippen LogP contribution >= 0.6 is 0 Å². The number of nitrogens with zero attached hydrogens (tertiary/aromatic N) is 2. The molecule has 1 aliphatic carbocycles. The van der Waals surface area contributed by atoms with Crippen molar-refractivity contribution in [1.82, 2.24) is 20.6 Å². The van der Waals surface area contributed by atoms with Crippen LogP contribution < -0.4 is 10.9 Å². The molecule has 6 heteroatoms. The van der Waals surface area contributed by atoms with E-state index in [1.807, 2.05) is 69.3 Å². The van der Waals surface area contributed by atoms with E-state index in [2.05, 4.69) is 16.0 Å². The highest BCUT2D eigenvalue weighted by molar-refractivity contribution is 5.95. The van der Waals surface area contributed by atoms with Crippen molar-refractivity contribution in [3.63, 3.8) is 0 Å². The van der Waals surface area contributed by atoms with Gasteiger partial charge in [-0.2, -0.15) is 5.10 Å². The van der Waals surface area contributed by atoms with E-state index in [9.17, 15) is 9.59 Å². The summed E-state index contributed by atoms with van der Waals surface area (Å²) < 4.78 is 1.74. The summed E-state index contributed by atoms with van der Waals surface area (Å²) >= 11 is 0. The number of hydrogen-bond donors (Lipinski definition) is 2. The fraction of sp³-hybridized carbons (Fsp3) is 0.348. The Balaban J connectivity index is 1.45. The van der Waals surface area contributed by atoms with Crippen LogP contribution in [-0.2, 0) is 16.8 Å². The molecule has 2 aromatic carbocycles. The number of benzene rings is 2. The maximum absolute atomic E-state index is 12.8. The van der Waals surface area contributed by atoms with Gasteiger partial charge >= 0.3 is 0 Å². The molecule has 6 nitrogen and oxygen atoms in total. The maximum Gasteiger partial charge on any atom is 0.287 e. The summed E-state index contributed by atoms with van der Waals surface area (Å²) in [5.41, 5.74) is 7.11. The van der Waals surface area contributed by atoms with Gasteiger partial charge in [0, 0.05) is 5.92 Å². The van der Waals surface area contributed by atoms with Crippen LogP contribution in [0.4, 0.5) is 0 Å². The largest absolute Gasteiger partial charge is 0.287 e. The average molecular weight is 390 g/mol. The van der Waals surface area contributed by atoms with Crippen molar-refractivity contribution in [2.24, 2.45) is 0 Å². The standard InChI is InChI=1S/C23H26N4O2/c1-23(2,3)27-20(14-19(26-27)16-11-12-16)22(29)25-24-21(28)13-17-9-6-8-15-7-4-5-10-18(15)17/h4-10,14,16H,11-13H2,1-3H3,(H,24,28)(H,25,29). The molecule has 4 rings (SSSR count). The molecule has 0 saturated heterocycles. The zero-order chi connectivity index (χ0) is 20.6. The highest BCUT2D eigenvalue weighted by atomic mass is 16.2. The molecule has 0 spiro atoms. The summed E-state index contributed by atoms with van der Waals surface area (Å²) in [6.07, 6.45) is 2.42. The number of fused-ring (bicyclic) bond motifs is 1. The van der Waals surface area contributed by atoms with Gasteiger partial charge in [0.05, 0.1) is 17.7 Å². The van der Waals surface area contributed by atoms with E-state index in [-0.39, 0.29) is 23.8 Å². The van der Waals surface area contributed by atoms with Gasteiger partial charge in [0.15, 0.2) is 0 Å². The molecular formula is C23H26N4O2. The average Bonchev–Trinajstić information content (AvgIpc) is 3.43. The number of carbonyl (C=O) groups excluding carboxylic acids is 2. The van der Waals surface area contributed by atoms with E-state index < -0.39 is 0 Å². The Bertz CT molecular complexity index is 1070. The number of rotatable bonds is 4. The van der Waals surface area contributed by atoms with Gasteiger partial charge in [0.2, 0.25) is 5.91 Å². The molecule has 0 unspecified atom stereocenters. The van der Waals surface area contributed by atoms with Crippen LogP contribution in [0.3, 0.4) is 0 Å². The Morgan fingerprint density at radius 1 is 1.07 bits per heavy atom. The zero-order valence-electron chi connectivity index (χ0n) is 17.0. The normalized spacial score (nSPS) is 14.0. The molecule has 2 N–H and O–H groups in total. The smallest absolute Gasteiger partial charge is 0.273 e. The Kier molecular flexibility index (Phi) is 4.86. The van der Waals surface area contributed by atoms with Crippen molar-refractivity contribution in [2.45, 2.75) is 51.5 Å². The predicted octanol–water partition coefficient (Wildman–Crippen LogP) is 3.67. The lowest BCUT2D eigenvalue weighted by Crippen LogP contribution is -2.44. The zero-order valence-corrected chi connectivity index (χ0v) is 17.0. The molecule has 0 bridgehead atoms. The minimum atomic E-state index is -0.356. The minimum absolute atomic E-state index is 0.188. The first kappa shape index (κ1) is 19.2. The number of hydrazine groups is 1. The van der Waals surface area contributed by atoms with Gasteiger partial charge in [-0.15, -0.1) is 0 Å². The van der Waals surface area contributed by atoms with Gasteiger partial charge in [-0.25, -0.2) is 0 Å². The van der Waals surface area contributed by atoms with Crippen LogP contribution in [0.5, 0.6) is 0 Å². The second kappa shape index (κ2) is 7.35. The molecule has 1 fully saturated rings. The first-order chi connectivity index (χ1) is 13.8. The summed E-state index contributed by atoms with van der Waals surface area (Å²) in [4.78, 5) is 25.2. The fourth-order valence-corrected chi connectivity index (χ4v) is 3.51. The summed E-state index contributed by atoms with van der Waals surface area (Å²) in [6.45, 7) is 6.02. The van der Waals surface area contributed by atoms with Crippen LogP contribution in [0.2, 0.25) is 0 Å². The first-order valence-corrected chi connectivity index (χ1v) is 9.99. The predicted molar refractivity (Wildman–Crippen MR) is 112 cm³/mol. The SMILES string of the molecule is CC(C)(C)n1nc(C2CC2)cc1C(=O)NNC(=O)Cc1cccc2ccccc12. The van der Waals surface area contributed by atoms with Gasteiger partial charge in [-0.3, -0.25) is 25.1 Å². The van der Waals surface area contributed by atoms with Crippen molar-refractivity contribution in [2.75, 3.05) is 0 Å². The number of carbonyl (C=O) groups is 2. The molecule has 29 heavy (non-hydrogen) atoms. The molecule has 1 aromatic heterocycles. The van der Waals surface area contributed by atoms with E-state index >= 15 is 0 Å². The number of aromatic nitrogens is 2. The molecular weight excluding hydrogens is 364 g/mol. The molecule has 1 saturated carbocycles. The lowest BCUT2D eigenvalue weighted by molar-refractivity contribution is -0.121. The fourth-order valence-electron chi connectivity index (χ4n) is 3.51. The Labute approximate surface area is 170 Å². The molecule has 1 heterocycles. The van der Waals surface area contributed by atoms with Gasteiger partial charge in [-0.1, -0.05) is 42.5 Å². The number of hydrogen-bond acceptors (Lipinski definition) is 3. The molecule has 2 amide bonds. The minimum Gasteiger partial charge on any atom is -0.273 e. The van der Waals surface area contributed by atoms with Gasteiger partial charge < -0.3 is 0 Å². The first-order valence-electron chi connectivity index (χ1n) is 9.99. The van der Waals surface area contributed by atoms with Crippen molar-refractivity contribution in [3.8, 4) is 0 Å². The Hall–Kier alpha value is -3.15. The summed E-state index contributed by atoms with van der Waals surface area (Å²) in [6, 6.07) is 15.7.